The zero-order valence-electron chi connectivity index (χ0n) is 19.8. The first-order chi connectivity index (χ1) is 17.4. The summed E-state index contributed by atoms with van der Waals surface area (Å²) in [5, 5.41) is 2.80. The van der Waals surface area contributed by atoms with Gasteiger partial charge in [-0.2, -0.15) is 0 Å². The van der Waals surface area contributed by atoms with Gasteiger partial charge in [0.15, 0.2) is 12.4 Å². The Morgan fingerprint density at radius 1 is 0.917 bits per heavy atom. The number of Topliss-reactive ketones (excluding diaryl/α,β-unsaturated/α-hetero) is 1. The first-order valence-corrected chi connectivity index (χ1v) is 11.6. The van der Waals surface area contributed by atoms with Crippen LogP contribution < -0.4 is 15.0 Å². The van der Waals surface area contributed by atoms with Crippen LogP contribution in [0.15, 0.2) is 78.9 Å². The van der Waals surface area contributed by atoms with E-state index >= 15 is 0 Å². The van der Waals surface area contributed by atoms with Crippen LogP contribution >= 0.6 is 0 Å². The molecular weight excluding hydrogens is 460 g/mol. The molecule has 4 rings (SSSR count). The molecule has 1 atom stereocenters. The molecule has 0 spiro atoms. The molecule has 36 heavy (non-hydrogen) atoms. The number of benzene rings is 3. The molecule has 2 amide bonds. The number of hydrogen-bond acceptors (Lipinski definition) is 6. The summed E-state index contributed by atoms with van der Waals surface area (Å²) >= 11 is 0. The van der Waals surface area contributed by atoms with Crippen molar-refractivity contribution in [2.75, 3.05) is 30.0 Å². The van der Waals surface area contributed by atoms with Crippen LogP contribution in [0.3, 0.4) is 0 Å². The molecule has 1 fully saturated rings. The fourth-order valence-electron chi connectivity index (χ4n) is 3.88. The second-order valence-electron chi connectivity index (χ2n) is 8.26. The Kier molecular flexibility index (Phi) is 7.75. The van der Waals surface area contributed by atoms with Gasteiger partial charge in [0.2, 0.25) is 11.8 Å². The highest BCUT2D eigenvalue weighted by molar-refractivity contribution is 6.04. The van der Waals surface area contributed by atoms with Gasteiger partial charge in [-0.1, -0.05) is 30.3 Å². The molecule has 1 aliphatic rings. The minimum absolute atomic E-state index is 0.110. The minimum atomic E-state index is -0.635. The lowest BCUT2D eigenvalue weighted by Gasteiger charge is -2.17. The van der Waals surface area contributed by atoms with Gasteiger partial charge >= 0.3 is 5.97 Å². The zero-order chi connectivity index (χ0) is 25.5. The molecule has 8 heteroatoms. The summed E-state index contributed by atoms with van der Waals surface area (Å²) in [6, 6.07) is 22.0. The number of ether oxygens (including phenoxy) is 2. The van der Waals surface area contributed by atoms with Crippen LogP contribution in [0, 0.1) is 5.92 Å². The first-order valence-electron chi connectivity index (χ1n) is 11.6. The number of esters is 1. The summed E-state index contributed by atoms with van der Waals surface area (Å²) in [5.74, 6) is -1.11. The highest BCUT2D eigenvalue weighted by atomic mass is 16.5. The second-order valence-corrected chi connectivity index (χ2v) is 8.26. The van der Waals surface area contributed by atoms with Gasteiger partial charge in [0, 0.05) is 29.9 Å². The third kappa shape index (κ3) is 5.96. The van der Waals surface area contributed by atoms with Crippen LogP contribution in [0.4, 0.5) is 11.4 Å². The molecular formula is C28H26N2O6. The van der Waals surface area contributed by atoms with E-state index in [1.54, 1.807) is 71.6 Å². The number of hydrogen-bond donors (Lipinski definition) is 1. The summed E-state index contributed by atoms with van der Waals surface area (Å²) in [4.78, 5) is 51.3. The van der Waals surface area contributed by atoms with E-state index in [1.165, 1.54) is 12.1 Å². The quantitative estimate of drug-likeness (QED) is 0.361. The number of nitrogens with zero attached hydrogens (tertiary/aromatic N) is 1. The number of anilines is 2. The Labute approximate surface area is 208 Å². The van der Waals surface area contributed by atoms with Gasteiger partial charge in [-0.15, -0.1) is 0 Å². The second kappa shape index (κ2) is 11.3. The van der Waals surface area contributed by atoms with E-state index in [2.05, 4.69) is 5.32 Å². The van der Waals surface area contributed by atoms with Gasteiger partial charge in [-0.05, 0) is 55.5 Å². The van der Waals surface area contributed by atoms with Gasteiger partial charge in [-0.25, -0.2) is 4.79 Å². The molecule has 1 heterocycles. The maximum Gasteiger partial charge on any atom is 0.338 e. The predicted octanol–water partition coefficient (Wildman–Crippen LogP) is 4.12. The molecule has 8 nitrogen and oxygen atoms in total. The summed E-state index contributed by atoms with van der Waals surface area (Å²) in [7, 11) is 0. The highest BCUT2D eigenvalue weighted by Gasteiger charge is 2.35. The van der Waals surface area contributed by atoms with Crippen LogP contribution in [-0.2, 0) is 14.3 Å². The maximum atomic E-state index is 12.8. The van der Waals surface area contributed by atoms with Crippen molar-refractivity contribution >= 4 is 34.9 Å². The van der Waals surface area contributed by atoms with Crippen LogP contribution in [0.2, 0.25) is 0 Å². The highest BCUT2D eigenvalue weighted by Crippen LogP contribution is 2.27. The van der Waals surface area contributed by atoms with Crippen LogP contribution in [0.25, 0.3) is 0 Å². The molecule has 3 aromatic rings. The van der Waals surface area contributed by atoms with Gasteiger partial charge in [0.1, 0.15) is 5.75 Å². The lowest BCUT2D eigenvalue weighted by Crippen LogP contribution is -2.28. The Bertz CT molecular complexity index is 1240. The summed E-state index contributed by atoms with van der Waals surface area (Å²) < 4.78 is 10.5. The van der Waals surface area contributed by atoms with E-state index in [4.69, 9.17) is 9.47 Å². The molecule has 3 aromatic carbocycles. The molecule has 0 aromatic heterocycles. The number of carbonyl (C=O) groups is 4. The molecule has 0 unspecified atom stereocenters. The third-order valence-corrected chi connectivity index (χ3v) is 5.77. The Morgan fingerprint density at radius 3 is 2.28 bits per heavy atom. The van der Waals surface area contributed by atoms with E-state index in [0.717, 1.165) is 5.75 Å². The fraction of sp³-hybridized carbons (Fsp3) is 0.214. The molecule has 1 aliphatic heterocycles. The van der Waals surface area contributed by atoms with E-state index in [0.29, 0.717) is 23.5 Å². The monoisotopic (exact) mass is 486 g/mol. The van der Waals surface area contributed by atoms with Gasteiger partial charge < -0.3 is 19.7 Å². The van der Waals surface area contributed by atoms with Crippen molar-refractivity contribution in [1.29, 1.82) is 0 Å². The van der Waals surface area contributed by atoms with E-state index < -0.39 is 11.9 Å². The zero-order valence-corrected chi connectivity index (χ0v) is 19.8. The third-order valence-electron chi connectivity index (χ3n) is 5.77. The van der Waals surface area contributed by atoms with Gasteiger partial charge in [0.25, 0.3) is 0 Å². The summed E-state index contributed by atoms with van der Waals surface area (Å²) in [5.41, 5.74) is 1.93. The number of nitrogens with one attached hydrogen (secondary N) is 1. The number of carbonyl (C=O) groups excluding carboxylic acids is 4. The number of amides is 2. The molecule has 184 valence electrons. The van der Waals surface area contributed by atoms with Crippen molar-refractivity contribution in [3.63, 3.8) is 0 Å². The normalized spacial score (nSPS) is 14.9. The van der Waals surface area contributed by atoms with Crippen molar-refractivity contribution < 1.29 is 28.7 Å². The molecule has 1 saturated heterocycles. The summed E-state index contributed by atoms with van der Waals surface area (Å²) in [6.45, 7) is 2.37. The van der Waals surface area contributed by atoms with E-state index in [-0.39, 0.29) is 42.7 Å². The average Bonchev–Trinajstić information content (AvgIpc) is 3.30. The standard InChI is InChI=1S/C28H26N2O6/c1-2-35-24-14-12-23(13-15-24)30-17-21(16-26(30)32)27(33)29-22-10-8-20(9-11-22)28(34)36-18-25(31)19-6-4-3-5-7-19/h3-15,21H,2,16-18H2,1H3,(H,29,33)/t21-/m1/s1. The van der Waals surface area contributed by atoms with Gasteiger partial charge in [-0.3, -0.25) is 14.4 Å². The van der Waals surface area contributed by atoms with Crippen LogP contribution in [0.5, 0.6) is 5.75 Å². The Hall–Kier alpha value is -4.46. The predicted molar refractivity (Wildman–Crippen MR) is 134 cm³/mol. The maximum absolute atomic E-state index is 12.8. The van der Waals surface area contributed by atoms with Crippen molar-refractivity contribution in [2.24, 2.45) is 5.92 Å². The first kappa shape index (κ1) is 24.7. The fourth-order valence-corrected chi connectivity index (χ4v) is 3.88. The molecule has 0 aliphatic carbocycles. The summed E-state index contributed by atoms with van der Waals surface area (Å²) in [6.07, 6.45) is 0.110. The Morgan fingerprint density at radius 2 is 1.61 bits per heavy atom. The Balaban J connectivity index is 1.29. The smallest absolute Gasteiger partial charge is 0.338 e. The lowest BCUT2D eigenvalue weighted by molar-refractivity contribution is -0.122. The van der Waals surface area contributed by atoms with Crippen molar-refractivity contribution in [3.8, 4) is 5.75 Å². The number of rotatable bonds is 9. The van der Waals surface area contributed by atoms with Crippen LogP contribution in [0.1, 0.15) is 34.1 Å². The average molecular weight is 487 g/mol. The molecule has 0 saturated carbocycles. The van der Waals surface area contributed by atoms with E-state index in [1.807, 2.05) is 6.92 Å². The van der Waals surface area contributed by atoms with E-state index in [9.17, 15) is 19.2 Å². The van der Waals surface area contributed by atoms with Crippen molar-refractivity contribution in [3.05, 3.63) is 90.0 Å². The number of ketones is 1. The topological polar surface area (TPSA) is 102 Å². The largest absolute Gasteiger partial charge is 0.494 e. The van der Waals surface area contributed by atoms with Crippen molar-refractivity contribution in [1.82, 2.24) is 0 Å². The van der Waals surface area contributed by atoms with Gasteiger partial charge in [0.05, 0.1) is 18.1 Å². The van der Waals surface area contributed by atoms with Crippen molar-refractivity contribution in [2.45, 2.75) is 13.3 Å². The molecule has 0 radical (unpaired) electrons. The molecule has 0 bridgehead atoms. The lowest BCUT2D eigenvalue weighted by atomic mass is 10.1. The van der Waals surface area contributed by atoms with Crippen LogP contribution in [-0.4, -0.2) is 43.3 Å². The SMILES string of the molecule is CCOc1ccc(N2C[C@H](C(=O)Nc3ccc(C(=O)OCC(=O)c4ccccc4)cc3)CC2=O)cc1. The molecule has 1 N–H and O–H groups in total. The minimum Gasteiger partial charge on any atom is -0.494 e.